The number of likely N-dealkylation sites (tertiary alicyclic amines) is 1. The molecule has 174 valence electrons. The van der Waals surface area contributed by atoms with Crippen LogP contribution in [0.15, 0.2) is 51.7 Å². The minimum atomic E-state index is -0.319. The van der Waals surface area contributed by atoms with E-state index in [0.717, 1.165) is 42.4 Å². The molecule has 0 aliphatic carbocycles. The number of methoxy groups -OCH3 is 1. The van der Waals surface area contributed by atoms with Crippen LogP contribution in [-0.4, -0.2) is 31.0 Å². The number of benzene rings is 2. The van der Waals surface area contributed by atoms with Crippen molar-refractivity contribution in [2.45, 2.75) is 46.1 Å². The fraction of sp³-hybridized carbons (Fsp3) is 0.407. The van der Waals surface area contributed by atoms with Crippen molar-refractivity contribution in [1.29, 1.82) is 0 Å². The van der Waals surface area contributed by atoms with E-state index in [1.54, 1.807) is 13.2 Å². The Hall–Kier alpha value is -3.12. The maximum atomic E-state index is 12.8. The summed E-state index contributed by atoms with van der Waals surface area (Å²) in [6.45, 7) is 8.68. The molecule has 0 bridgehead atoms. The molecule has 3 aromatic rings. The third kappa shape index (κ3) is 5.11. The van der Waals surface area contributed by atoms with Crippen LogP contribution in [0.5, 0.6) is 5.75 Å². The van der Waals surface area contributed by atoms with E-state index in [2.05, 4.69) is 37.1 Å². The van der Waals surface area contributed by atoms with Gasteiger partial charge in [0.2, 0.25) is 5.91 Å². The Labute approximate surface area is 194 Å². The van der Waals surface area contributed by atoms with Crippen molar-refractivity contribution >= 4 is 22.6 Å². The Morgan fingerprint density at radius 2 is 1.91 bits per heavy atom. The maximum absolute atomic E-state index is 12.8. The molecule has 0 saturated carbocycles. The van der Waals surface area contributed by atoms with Crippen LogP contribution in [0.1, 0.15) is 49.3 Å². The lowest BCUT2D eigenvalue weighted by Crippen LogP contribution is -2.38. The van der Waals surface area contributed by atoms with Gasteiger partial charge in [0, 0.05) is 23.9 Å². The zero-order valence-electron chi connectivity index (χ0n) is 19.8. The minimum Gasteiger partial charge on any atom is -0.495 e. The predicted octanol–water partition coefficient (Wildman–Crippen LogP) is 5.08. The van der Waals surface area contributed by atoms with Crippen molar-refractivity contribution in [3.05, 3.63) is 69.6 Å². The van der Waals surface area contributed by atoms with Crippen LogP contribution < -0.4 is 15.7 Å². The number of hydrogen-bond donors (Lipinski definition) is 1. The fourth-order valence-electron chi connectivity index (χ4n) is 4.72. The highest BCUT2D eigenvalue weighted by Crippen LogP contribution is 2.29. The lowest BCUT2D eigenvalue weighted by atomic mass is 9.93. The van der Waals surface area contributed by atoms with Crippen molar-refractivity contribution in [3.63, 3.8) is 0 Å². The van der Waals surface area contributed by atoms with Crippen LogP contribution in [0.4, 0.5) is 5.69 Å². The summed E-state index contributed by atoms with van der Waals surface area (Å²) < 4.78 is 10.8. The van der Waals surface area contributed by atoms with Gasteiger partial charge in [-0.15, -0.1) is 0 Å². The largest absolute Gasteiger partial charge is 0.495 e. The Kier molecular flexibility index (Phi) is 6.84. The Bertz CT molecular complexity index is 1210. The van der Waals surface area contributed by atoms with E-state index in [4.69, 9.17) is 9.15 Å². The predicted molar refractivity (Wildman–Crippen MR) is 131 cm³/mol. The third-order valence-electron chi connectivity index (χ3n) is 6.56. The maximum Gasteiger partial charge on any atom is 0.336 e. The van der Waals surface area contributed by atoms with Crippen molar-refractivity contribution in [3.8, 4) is 5.75 Å². The third-order valence-corrected chi connectivity index (χ3v) is 6.56. The Morgan fingerprint density at radius 1 is 1.18 bits per heavy atom. The van der Waals surface area contributed by atoms with Crippen molar-refractivity contribution < 1.29 is 13.9 Å². The summed E-state index contributed by atoms with van der Waals surface area (Å²) in [5.74, 6) is 1.04. The second-order valence-corrected chi connectivity index (χ2v) is 9.19. The highest BCUT2D eigenvalue weighted by atomic mass is 16.5. The first kappa shape index (κ1) is 23.1. The van der Waals surface area contributed by atoms with Gasteiger partial charge in [-0.25, -0.2) is 4.79 Å². The van der Waals surface area contributed by atoms with Gasteiger partial charge < -0.3 is 14.5 Å². The number of anilines is 1. The van der Waals surface area contributed by atoms with Crippen LogP contribution in [0.2, 0.25) is 0 Å². The molecule has 1 aromatic heterocycles. The van der Waals surface area contributed by atoms with Crippen LogP contribution in [0.3, 0.4) is 0 Å². The monoisotopic (exact) mass is 448 g/mol. The molecule has 6 nitrogen and oxygen atoms in total. The first-order valence-corrected chi connectivity index (χ1v) is 11.6. The molecule has 1 saturated heterocycles. The average Bonchev–Trinajstić information content (AvgIpc) is 2.79. The van der Waals surface area contributed by atoms with Crippen LogP contribution in [0.25, 0.3) is 11.0 Å². The summed E-state index contributed by atoms with van der Waals surface area (Å²) in [4.78, 5) is 27.3. The number of aryl methyl sites for hydroxylation is 1. The molecule has 2 aromatic carbocycles. The van der Waals surface area contributed by atoms with E-state index in [-0.39, 0.29) is 17.5 Å². The highest BCUT2D eigenvalue weighted by Gasteiger charge is 2.26. The average molecular weight is 449 g/mol. The summed E-state index contributed by atoms with van der Waals surface area (Å²) in [5.41, 5.74) is 4.42. The number of carbonyl (C=O) groups is 1. The quantitative estimate of drug-likeness (QED) is 0.532. The molecule has 2 heterocycles. The zero-order valence-corrected chi connectivity index (χ0v) is 19.8. The normalized spacial score (nSPS) is 15.2. The Balaban J connectivity index is 1.45. The number of carbonyl (C=O) groups excluding carboxylic acids is 1. The molecule has 1 fully saturated rings. The fourth-order valence-corrected chi connectivity index (χ4v) is 4.72. The van der Waals surface area contributed by atoms with Gasteiger partial charge in [-0.05, 0) is 79.7 Å². The minimum absolute atomic E-state index is 0.0296. The van der Waals surface area contributed by atoms with Crippen molar-refractivity contribution in [2.24, 2.45) is 5.92 Å². The summed E-state index contributed by atoms with van der Waals surface area (Å²) in [6, 6.07) is 13.2. The number of para-hydroxylation sites is 2. The number of fused-ring (bicyclic) bond motifs is 1. The topological polar surface area (TPSA) is 71.8 Å². The molecule has 0 radical (unpaired) electrons. The van der Waals surface area contributed by atoms with Gasteiger partial charge >= 0.3 is 5.63 Å². The molecule has 0 unspecified atom stereocenters. The smallest absolute Gasteiger partial charge is 0.336 e. The van der Waals surface area contributed by atoms with E-state index in [9.17, 15) is 9.59 Å². The summed E-state index contributed by atoms with van der Waals surface area (Å²) in [5, 5.41) is 4.01. The lowest BCUT2D eigenvalue weighted by molar-refractivity contribution is -0.121. The van der Waals surface area contributed by atoms with Crippen LogP contribution in [-0.2, 0) is 11.3 Å². The number of hydrogen-bond acceptors (Lipinski definition) is 5. The van der Waals surface area contributed by atoms with Gasteiger partial charge in [0.05, 0.1) is 12.8 Å². The highest BCUT2D eigenvalue weighted by molar-refractivity contribution is 5.94. The Morgan fingerprint density at radius 3 is 2.61 bits per heavy atom. The van der Waals surface area contributed by atoms with E-state index in [0.29, 0.717) is 29.5 Å². The van der Waals surface area contributed by atoms with E-state index >= 15 is 0 Å². The van der Waals surface area contributed by atoms with Gasteiger partial charge in [0.15, 0.2) is 0 Å². The van der Waals surface area contributed by atoms with Gasteiger partial charge in [-0.2, -0.15) is 0 Å². The standard InChI is InChI=1S/C27H32N2O4/c1-17(2)21-15-22-20(14-26(30)33-25(22)13-18(21)3)16-29-11-9-19(10-12-29)27(31)28-23-7-5-6-8-24(23)32-4/h5-8,13-15,17,19H,9-12,16H2,1-4H3,(H,28,31). The van der Waals surface area contributed by atoms with Crippen LogP contribution in [0, 0.1) is 12.8 Å². The number of amides is 1. The number of piperidine rings is 1. The molecule has 6 heteroatoms. The summed E-state index contributed by atoms with van der Waals surface area (Å²) in [7, 11) is 1.60. The summed E-state index contributed by atoms with van der Waals surface area (Å²) >= 11 is 0. The molecule has 1 N–H and O–H groups in total. The molecule has 33 heavy (non-hydrogen) atoms. The molecular weight excluding hydrogens is 416 g/mol. The number of rotatable bonds is 6. The lowest BCUT2D eigenvalue weighted by Gasteiger charge is -2.31. The van der Waals surface area contributed by atoms with E-state index < -0.39 is 0 Å². The van der Waals surface area contributed by atoms with Gasteiger partial charge in [-0.1, -0.05) is 26.0 Å². The second kappa shape index (κ2) is 9.79. The van der Waals surface area contributed by atoms with E-state index in [1.807, 2.05) is 30.3 Å². The molecular formula is C27H32N2O4. The van der Waals surface area contributed by atoms with E-state index in [1.165, 1.54) is 5.56 Å². The molecule has 1 amide bonds. The van der Waals surface area contributed by atoms with Gasteiger partial charge in [-0.3, -0.25) is 9.69 Å². The van der Waals surface area contributed by atoms with Gasteiger partial charge in [0.1, 0.15) is 11.3 Å². The molecule has 0 spiro atoms. The number of nitrogens with one attached hydrogen (secondary N) is 1. The van der Waals surface area contributed by atoms with Crippen molar-refractivity contribution in [1.82, 2.24) is 4.90 Å². The second-order valence-electron chi connectivity index (χ2n) is 9.19. The zero-order chi connectivity index (χ0) is 23.5. The molecule has 1 aliphatic heterocycles. The van der Waals surface area contributed by atoms with Gasteiger partial charge in [0.25, 0.3) is 0 Å². The SMILES string of the molecule is COc1ccccc1NC(=O)C1CCN(Cc2cc(=O)oc3cc(C)c(C(C)C)cc23)CC1. The molecule has 1 aliphatic rings. The van der Waals surface area contributed by atoms with Crippen LogP contribution >= 0.6 is 0 Å². The summed E-state index contributed by atoms with van der Waals surface area (Å²) in [6.07, 6.45) is 1.55. The number of nitrogens with zero attached hydrogens (tertiary/aromatic N) is 1. The first-order chi connectivity index (χ1) is 15.9. The molecule has 0 atom stereocenters. The number of ether oxygens (including phenoxy) is 1. The first-order valence-electron chi connectivity index (χ1n) is 11.6. The molecule has 4 rings (SSSR count). The van der Waals surface area contributed by atoms with Crippen molar-refractivity contribution in [2.75, 3.05) is 25.5 Å².